The summed E-state index contributed by atoms with van der Waals surface area (Å²) < 4.78 is 32.3. The van der Waals surface area contributed by atoms with Crippen molar-refractivity contribution in [2.24, 2.45) is 0 Å². The fourth-order valence-corrected chi connectivity index (χ4v) is 4.29. The standard InChI is InChI=1S/C16H17N3O7S2/c1-4-26-15(23)13-8(2)17-16(27-13)19-28(24,25)10-5-6-12(18-9(3)20)11(7-10)14(21)22/h5-7H,4H2,1-3H3,(H,17,19)(H,18,20)(H,21,22). The maximum atomic E-state index is 12.6. The monoisotopic (exact) mass is 427 g/mol. The zero-order valence-electron chi connectivity index (χ0n) is 15.1. The molecule has 1 aromatic carbocycles. The largest absolute Gasteiger partial charge is 0.478 e. The van der Waals surface area contributed by atoms with E-state index in [-0.39, 0.29) is 32.8 Å². The molecule has 3 N–H and O–H groups in total. The van der Waals surface area contributed by atoms with Gasteiger partial charge >= 0.3 is 11.9 Å². The van der Waals surface area contributed by atoms with Crippen molar-refractivity contribution < 1.29 is 32.6 Å². The molecule has 2 aromatic rings. The number of aromatic nitrogens is 1. The van der Waals surface area contributed by atoms with Gasteiger partial charge in [-0.2, -0.15) is 0 Å². The Balaban J connectivity index is 2.36. The van der Waals surface area contributed by atoms with Crippen LogP contribution < -0.4 is 10.0 Å². The molecule has 0 fully saturated rings. The maximum absolute atomic E-state index is 12.6. The lowest BCUT2D eigenvalue weighted by Crippen LogP contribution is -2.15. The first kappa shape index (κ1) is 21.3. The number of hydrogen-bond acceptors (Lipinski definition) is 8. The first-order valence-corrected chi connectivity index (χ1v) is 10.2. The molecule has 150 valence electrons. The first-order valence-electron chi connectivity index (χ1n) is 7.87. The summed E-state index contributed by atoms with van der Waals surface area (Å²) in [5.41, 5.74) is -0.123. The minimum Gasteiger partial charge on any atom is -0.478 e. The molecule has 0 saturated heterocycles. The van der Waals surface area contributed by atoms with Gasteiger partial charge in [0.15, 0.2) is 5.13 Å². The summed E-state index contributed by atoms with van der Waals surface area (Å²) >= 11 is 0.802. The van der Waals surface area contributed by atoms with E-state index in [2.05, 4.69) is 15.0 Å². The number of anilines is 2. The van der Waals surface area contributed by atoms with Crippen LogP contribution in [0.25, 0.3) is 0 Å². The number of esters is 1. The number of benzene rings is 1. The number of carboxylic acid groups (broad SMARTS) is 1. The van der Waals surface area contributed by atoms with Crippen LogP contribution in [0.2, 0.25) is 0 Å². The van der Waals surface area contributed by atoms with Crippen molar-refractivity contribution in [1.82, 2.24) is 4.98 Å². The van der Waals surface area contributed by atoms with Gasteiger partial charge in [0.2, 0.25) is 5.91 Å². The van der Waals surface area contributed by atoms with E-state index in [9.17, 15) is 27.9 Å². The van der Waals surface area contributed by atoms with Gasteiger partial charge in [-0.25, -0.2) is 23.0 Å². The number of thiazole rings is 1. The molecule has 0 radical (unpaired) electrons. The fraction of sp³-hybridized carbons (Fsp3) is 0.250. The molecule has 1 amide bonds. The molecule has 10 nitrogen and oxygen atoms in total. The van der Waals surface area contributed by atoms with Crippen molar-refractivity contribution in [1.29, 1.82) is 0 Å². The van der Waals surface area contributed by atoms with E-state index >= 15 is 0 Å². The Labute approximate surface area is 164 Å². The summed E-state index contributed by atoms with van der Waals surface area (Å²) in [6, 6.07) is 3.24. The summed E-state index contributed by atoms with van der Waals surface area (Å²) in [4.78, 5) is 38.2. The highest BCUT2D eigenvalue weighted by Gasteiger charge is 2.23. The molecule has 0 saturated carbocycles. The molecule has 2 rings (SSSR count). The number of carbonyl (C=O) groups is 3. The van der Waals surface area contributed by atoms with Gasteiger partial charge in [0.1, 0.15) is 4.88 Å². The Morgan fingerprint density at radius 1 is 1.29 bits per heavy atom. The molecule has 0 atom stereocenters. The van der Waals surface area contributed by atoms with Gasteiger partial charge in [0.05, 0.1) is 28.4 Å². The third kappa shape index (κ3) is 4.84. The quantitative estimate of drug-likeness (QED) is 0.568. The highest BCUT2D eigenvalue weighted by molar-refractivity contribution is 7.93. The third-order valence-electron chi connectivity index (χ3n) is 3.32. The number of ether oxygens (including phenoxy) is 1. The second kappa shape index (κ2) is 8.35. The lowest BCUT2D eigenvalue weighted by atomic mass is 10.2. The number of rotatable bonds is 7. The molecule has 1 heterocycles. The highest BCUT2D eigenvalue weighted by Crippen LogP contribution is 2.27. The average molecular weight is 427 g/mol. The Morgan fingerprint density at radius 3 is 2.54 bits per heavy atom. The maximum Gasteiger partial charge on any atom is 0.350 e. The van der Waals surface area contributed by atoms with Crippen LogP contribution in [0.3, 0.4) is 0 Å². The topological polar surface area (TPSA) is 152 Å². The van der Waals surface area contributed by atoms with Crippen molar-refractivity contribution in [2.75, 3.05) is 16.6 Å². The average Bonchev–Trinajstić information content (AvgIpc) is 2.94. The lowest BCUT2D eigenvalue weighted by Gasteiger charge is -2.10. The van der Waals surface area contributed by atoms with Crippen molar-refractivity contribution in [3.05, 3.63) is 34.3 Å². The van der Waals surface area contributed by atoms with Gasteiger partial charge < -0.3 is 15.2 Å². The van der Waals surface area contributed by atoms with Crippen LogP contribution in [0.5, 0.6) is 0 Å². The second-order valence-electron chi connectivity index (χ2n) is 5.45. The molecule has 0 spiro atoms. The predicted octanol–water partition coefficient (Wildman–Crippen LogP) is 2.09. The van der Waals surface area contributed by atoms with Gasteiger partial charge in [-0.05, 0) is 32.0 Å². The van der Waals surface area contributed by atoms with Crippen LogP contribution in [0.4, 0.5) is 10.8 Å². The molecule has 0 unspecified atom stereocenters. The van der Waals surface area contributed by atoms with Crippen molar-refractivity contribution in [3.63, 3.8) is 0 Å². The van der Waals surface area contributed by atoms with Crippen LogP contribution in [-0.2, 0) is 19.6 Å². The number of nitrogens with zero attached hydrogens (tertiary/aromatic N) is 1. The van der Waals surface area contributed by atoms with Crippen LogP contribution in [-0.4, -0.2) is 43.0 Å². The van der Waals surface area contributed by atoms with E-state index in [1.807, 2.05) is 0 Å². The number of nitrogens with one attached hydrogen (secondary N) is 2. The molecule has 0 aliphatic carbocycles. The van der Waals surface area contributed by atoms with Crippen LogP contribution in [0.1, 0.15) is 39.6 Å². The van der Waals surface area contributed by atoms with E-state index in [0.29, 0.717) is 5.69 Å². The van der Waals surface area contributed by atoms with Gasteiger partial charge in [-0.15, -0.1) is 0 Å². The van der Waals surface area contributed by atoms with E-state index < -0.39 is 27.9 Å². The summed E-state index contributed by atoms with van der Waals surface area (Å²) in [6.07, 6.45) is 0. The predicted molar refractivity (Wildman–Crippen MR) is 101 cm³/mol. The fourth-order valence-electron chi connectivity index (χ4n) is 2.17. The number of sulfonamides is 1. The summed E-state index contributed by atoms with van der Waals surface area (Å²) in [5, 5.41) is 11.5. The lowest BCUT2D eigenvalue weighted by molar-refractivity contribution is -0.114. The van der Waals surface area contributed by atoms with E-state index in [4.69, 9.17) is 4.74 Å². The molecule has 28 heavy (non-hydrogen) atoms. The third-order valence-corrected chi connectivity index (χ3v) is 5.84. The van der Waals surface area contributed by atoms with Crippen LogP contribution >= 0.6 is 11.3 Å². The molecule has 0 aliphatic rings. The Bertz CT molecular complexity index is 1040. The van der Waals surface area contributed by atoms with Gasteiger partial charge in [-0.3, -0.25) is 9.52 Å². The number of aromatic carboxylic acids is 1. The SMILES string of the molecule is CCOC(=O)c1sc(NS(=O)(=O)c2ccc(NC(C)=O)c(C(=O)O)c2)nc1C. The summed E-state index contributed by atoms with van der Waals surface area (Å²) in [6.45, 7) is 4.54. The second-order valence-corrected chi connectivity index (χ2v) is 8.13. The normalized spacial score (nSPS) is 11.0. The van der Waals surface area contributed by atoms with Gasteiger partial charge in [0.25, 0.3) is 10.0 Å². The number of aryl methyl sites for hydroxylation is 1. The number of carbonyl (C=O) groups excluding carboxylic acids is 2. The van der Waals surface area contributed by atoms with E-state index in [1.165, 1.54) is 19.9 Å². The zero-order chi connectivity index (χ0) is 21.1. The van der Waals surface area contributed by atoms with Crippen molar-refractivity contribution >= 4 is 50.0 Å². The summed E-state index contributed by atoms with van der Waals surface area (Å²) in [7, 11) is -4.19. The van der Waals surface area contributed by atoms with E-state index in [1.54, 1.807) is 6.92 Å². The van der Waals surface area contributed by atoms with Crippen molar-refractivity contribution in [3.8, 4) is 0 Å². The Morgan fingerprint density at radius 2 is 1.96 bits per heavy atom. The molecule has 0 bridgehead atoms. The molecule has 1 aromatic heterocycles. The molecular formula is C16H17N3O7S2. The van der Waals surface area contributed by atoms with Crippen molar-refractivity contribution in [2.45, 2.75) is 25.7 Å². The summed E-state index contributed by atoms with van der Waals surface area (Å²) in [5.74, 6) is -2.52. The minimum absolute atomic E-state index is 0.0337. The zero-order valence-corrected chi connectivity index (χ0v) is 16.7. The van der Waals surface area contributed by atoms with Gasteiger partial charge in [0, 0.05) is 6.92 Å². The van der Waals surface area contributed by atoms with Gasteiger partial charge in [-0.1, -0.05) is 11.3 Å². The number of hydrogen-bond donors (Lipinski definition) is 3. The smallest absolute Gasteiger partial charge is 0.350 e. The first-order chi connectivity index (χ1) is 13.0. The Hall–Kier alpha value is -2.99. The van der Waals surface area contributed by atoms with E-state index in [0.717, 1.165) is 23.5 Å². The minimum atomic E-state index is -4.19. The molecule has 12 heteroatoms. The van der Waals surface area contributed by atoms with Crippen LogP contribution in [0, 0.1) is 6.92 Å². The number of amides is 1. The number of carboxylic acids is 1. The molecular weight excluding hydrogens is 410 g/mol. The Kier molecular flexibility index (Phi) is 6.36. The van der Waals surface area contributed by atoms with Crippen LogP contribution in [0.15, 0.2) is 23.1 Å². The molecule has 0 aliphatic heterocycles. The highest BCUT2D eigenvalue weighted by atomic mass is 32.2.